The van der Waals surface area contributed by atoms with Crippen LogP contribution < -0.4 is 0 Å². The van der Waals surface area contributed by atoms with Gasteiger partial charge in [-0.3, -0.25) is 4.79 Å². The Hall–Kier alpha value is -0.590. The van der Waals surface area contributed by atoms with Crippen LogP contribution in [0.25, 0.3) is 0 Å². The number of ketones is 1. The molecule has 110 valence electrons. The van der Waals surface area contributed by atoms with Gasteiger partial charge in [-0.15, -0.1) is 6.58 Å². The molecule has 1 saturated carbocycles. The van der Waals surface area contributed by atoms with E-state index in [9.17, 15) is 4.79 Å². The molecule has 1 aliphatic carbocycles. The van der Waals surface area contributed by atoms with E-state index in [1.165, 1.54) is 32.1 Å². The number of allylic oxidation sites excluding steroid dienone is 1. The molecule has 1 fully saturated rings. The first-order valence-electron chi connectivity index (χ1n) is 7.94. The van der Waals surface area contributed by atoms with Crippen molar-refractivity contribution >= 4 is 5.78 Å². The van der Waals surface area contributed by atoms with Crippen molar-refractivity contribution in [3.8, 4) is 0 Å². The zero-order chi connectivity index (χ0) is 14.5. The average molecular weight is 264 g/mol. The summed E-state index contributed by atoms with van der Waals surface area (Å²) in [7, 11) is 0. The van der Waals surface area contributed by atoms with Crippen molar-refractivity contribution in [1.82, 2.24) is 0 Å². The van der Waals surface area contributed by atoms with Crippen LogP contribution in [0.1, 0.15) is 79.1 Å². The van der Waals surface area contributed by atoms with Crippen molar-refractivity contribution in [2.24, 2.45) is 16.7 Å². The highest BCUT2D eigenvalue weighted by atomic mass is 16.1. The van der Waals surface area contributed by atoms with E-state index in [0.29, 0.717) is 18.1 Å². The summed E-state index contributed by atoms with van der Waals surface area (Å²) in [5.74, 6) is 1.07. The van der Waals surface area contributed by atoms with Crippen LogP contribution in [-0.2, 0) is 4.79 Å². The Morgan fingerprint density at radius 3 is 2.21 bits per heavy atom. The van der Waals surface area contributed by atoms with Crippen LogP contribution in [0.3, 0.4) is 0 Å². The summed E-state index contributed by atoms with van der Waals surface area (Å²) in [5, 5.41) is 0. The molecule has 0 bridgehead atoms. The van der Waals surface area contributed by atoms with Crippen LogP contribution in [0, 0.1) is 16.7 Å². The quantitative estimate of drug-likeness (QED) is 0.575. The van der Waals surface area contributed by atoms with Gasteiger partial charge in [0.25, 0.3) is 0 Å². The second-order valence-corrected chi connectivity index (χ2v) is 7.74. The molecule has 0 aromatic rings. The lowest BCUT2D eigenvalue weighted by atomic mass is 9.63. The van der Waals surface area contributed by atoms with Crippen LogP contribution in [0.2, 0.25) is 0 Å². The van der Waals surface area contributed by atoms with Crippen LogP contribution in [-0.4, -0.2) is 5.78 Å². The number of rotatable bonds is 6. The lowest BCUT2D eigenvalue weighted by molar-refractivity contribution is -0.134. The fourth-order valence-electron chi connectivity index (χ4n) is 3.40. The minimum Gasteiger partial charge on any atom is -0.299 e. The zero-order valence-corrected chi connectivity index (χ0v) is 13.4. The van der Waals surface area contributed by atoms with E-state index in [2.05, 4.69) is 34.3 Å². The first-order chi connectivity index (χ1) is 8.79. The van der Waals surface area contributed by atoms with Gasteiger partial charge in [0.2, 0.25) is 0 Å². The predicted octanol–water partition coefficient (Wildman–Crippen LogP) is 5.54. The van der Waals surface area contributed by atoms with Crippen molar-refractivity contribution < 1.29 is 4.79 Å². The van der Waals surface area contributed by atoms with E-state index in [-0.39, 0.29) is 10.8 Å². The van der Waals surface area contributed by atoms with Gasteiger partial charge in [0.15, 0.2) is 0 Å². The van der Waals surface area contributed by atoms with Crippen molar-refractivity contribution in [3.63, 3.8) is 0 Å². The maximum Gasteiger partial charge on any atom is 0.139 e. The Morgan fingerprint density at radius 1 is 1.16 bits per heavy atom. The van der Waals surface area contributed by atoms with Gasteiger partial charge in [-0.05, 0) is 37.0 Å². The Kier molecular flexibility index (Phi) is 5.82. The van der Waals surface area contributed by atoms with Gasteiger partial charge in [0, 0.05) is 11.8 Å². The second-order valence-electron chi connectivity index (χ2n) is 7.74. The number of hydrogen-bond acceptors (Lipinski definition) is 1. The van der Waals surface area contributed by atoms with Crippen LogP contribution in [0.4, 0.5) is 0 Å². The summed E-state index contributed by atoms with van der Waals surface area (Å²) in [6.07, 6.45) is 11.0. The molecule has 0 saturated heterocycles. The standard InChI is InChI=1S/C18H32O/c1-6-7-13-18(5,15-11-9-8-10-12-15)16(19)14-17(2,3)4/h6,15H,1,7-14H2,2-5H3. The molecule has 1 nitrogen and oxygen atoms in total. The first kappa shape index (κ1) is 16.5. The largest absolute Gasteiger partial charge is 0.299 e. The van der Waals surface area contributed by atoms with Crippen LogP contribution in [0.5, 0.6) is 0 Å². The molecule has 0 spiro atoms. The highest BCUT2D eigenvalue weighted by molar-refractivity contribution is 5.85. The maximum absolute atomic E-state index is 12.9. The summed E-state index contributed by atoms with van der Waals surface area (Å²) >= 11 is 0. The molecule has 0 N–H and O–H groups in total. The van der Waals surface area contributed by atoms with E-state index in [1.807, 2.05) is 6.08 Å². The Morgan fingerprint density at radius 2 is 1.74 bits per heavy atom. The zero-order valence-electron chi connectivity index (χ0n) is 13.4. The number of hydrogen-bond donors (Lipinski definition) is 0. The van der Waals surface area contributed by atoms with Gasteiger partial charge in [-0.25, -0.2) is 0 Å². The highest BCUT2D eigenvalue weighted by Gasteiger charge is 2.41. The van der Waals surface area contributed by atoms with Crippen LogP contribution >= 0.6 is 0 Å². The average Bonchev–Trinajstić information content (AvgIpc) is 2.35. The summed E-state index contributed by atoms with van der Waals surface area (Å²) in [6.45, 7) is 12.6. The van der Waals surface area contributed by atoms with Gasteiger partial charge < -0.3 is 0 Å². The molecule has 0 aliphatic heterocycles. The fraction of sp³-hybridized carbons (Fsp3) is 0.833. The monoisotopic (exact) mass is 264 g/mol. The van der Waals surface area contributed by atoms with Gasteiger partial charge in [0.1, 0.15) is 5.78 Å². The Labute approximate surface area is 119 Å². The molecular weight excluding hydrogens is 232 g/mol. The molecule has 1 unspecified atom stereocenters. The summed E-state index contributed by atoms with van der Waals surface area (Å²) in [6, 6.07) is 0. The van der Waals surface area contributed by atoms with Crippen molar-refractivity contribution in [2.75, 3.05) is 0 Å². The molecule has 1 aliphatic rings. The smallest absolute Gasteiger partial charge is 0.139 e. The lowest BCUT2D eigenvalue weighted by Gasteiger charge is -2.40. The molecule has 1 atom stereocenters. The normalized spacial score (nSPS) is 20.8. The third-order valence-electron chi connectivity index (χ3n) is 4.70. The molecule has 0 aromatic carbocycles. The SMILES string of the molecule is C=CCCC(C)(C(=O)CC(C)(C)C)C1CCCCC1. The molecule has 0 heterocycles. The number of carbonyl (C=O) groups is 1. The third-order valence-corrected chi connectivity index (χ3v) is 4.70. The van der Waals surface area contributed by atoms with Crippen molar-refractivity contribution in [3.05, 3.63) is 12.7 Å². The van der Waals surface area contributed by atoms with Gasteiger partial charge in [-0.1, -0.05) is 53.0 Å². The Balaban J connectivity index is 2.83. The molecule has 0 amide bonds. The summed E-state index contributed by atoms with van der Waals surface area (Å²) < 4.78 is 0. The first-order valence-corrected chi connectivity index (χ1v) is 7.94. The maximum atomic E-state index is 12.9. The molecule has 0 aromatic heterocycles. The molecule has 1 rings (SSSR count). The van der Waals surface area contributed by atoms with E-state index in [4.69, 9.17) is 0 Å². The topological polar surface area (TPSA) is 17.1 Å². The highest BCUT2D eigenvalue weighted by Crippen LogP contribution is 2.44. The predicted molar refractivity (Wildman–Crippen MR) is 83.2 cm³/mol. The van der Waals surface area contributed by atoms with E-state index in [1.54, 1.807) is 0 Å². The lowest BCUT2D eigenvalue weighted by Crippen LogP contribution is -2.39. The fourth-order valence-corrected chi connectivity index (χ4v) is 3.40. The number of Topliss-reactive ketones (excluding diaryl/α,β-unsaturated/α-hetero) is 1. The van der Waals surface area contributed by atoms with Gasteiger partial charge in [-0.2, -0.15) is 0 Å². The van der Waals surface area contributed by atoms with Crippen LogP contribution in [0.15, 0.2) is 12.7 Å². The minimum atomic E-state index is -0.123. The third kappa shape index (κ3) is 4.78. The van der Waals surface area contributed by atoms with Gasteiger partial charge >= 0.3 is 0 Å². The number of carbonyl (C=O) groups excluding carboxylic acids is 1. The molecule has 0 radical (unpaired) electrons. The van der Waals surface area contributed by atoms with Crippen molar-refractivity contribution in [2.45, 2.75) is 79.1 Å². The molecular formula is C18H32O. The van der Waals surface area contributed by atoms with E-state index >= 15 is 0 Å². The summed E-state index contributed by atoms with van der Waals surface area (Å²) in [5.41, 5.74) is -0.0247. The van der Waals surface area contributed by atoms with Gasteiger partial charge in [0.05, 0.1) is 0 Å². The van der Waals surface area contributed by atoms with E-state index in [0.717, 1.165) is 12.8 Å². The van der Waals surface area contributed by atoms with E-state index < -0.39 is 0 Å². The summed E-state index contributed by atoms with van der Waals surface area (Å²) in [4.78, 5) is 12.9. The molecule has 19 heavy (non-hydrogen) atoms. The second kappa shape index (κ2) is 6.72. The Bertz CT molecular complexity index is 304. The molecule has 1 heteroatoms. The minimum absolute atomic E-state index is 0.0984. The van der Waals surface area contributed by atoms with Crippen molar-refractivity contribution in [1.29, 1.82) is 0 Å².